The molecule has 226 valence electrons. The maximum Gasteiger partial charge on any atom is 0.341 e. The number of aromatic carboxylic acids is 1. The average Bonchev–Trinajstić information content (AvgIpc) is 2.97. The molecule has 3 heterocycles. The number of carbonyl (C=O) groups is 2. The third-order valence-electron chi connectivity index (χ3n) is 7.61. The Kier molecular flexibility index (Phi) is 10.1. The number of aliphatic hydroxyl groups excluding tert-OH is 1. The Bertz CT molecular complexity index is 1470. The van der Waals surface area contributed by atoms with E-state index < -0.39 is 28.9 Å². The van der Waals surface area contributed by atoms with Gasteiger partial charge in [-0.15, -0.1) is 0 Å². The Morgan fingerprint density at radius 1 is 1.14 bits per heavy atom. The van der Waals surface area contributed by atoms with Gasteiger partial charge in [0.2, 0.25) is 11.3 Å². The molecule has 1 atom stereocenters. The first-order valence-electron chi connectivity index (χ1n) is 14.2. The normalized spacial score (nSPS) is 14.6. The molecular formula is C30H38FN5O6. The molecule has 42 heavy (non-hydrogen) atoms. The molecule has 3 aromatic rings. The van der Waals surface area contributed by atoms with Crippen molar-refractivity contribution < 1.29 is 28.9 Å². The summed E-state index contributed by atoms with van der Waals surface area (Å²) >= 11 is 0. The van der Waals surface area contributed by atoms with E-state index in [2.05, 4.69) is 9.88 Å². The first kappa shape index (κ1) is 30.9. The van der Waals surface area contributed by atoms with Gasteiger partial charge in [0.1, 0.15) is 17.0 Å². The van der Waals surface area contributed by atoms with E-state index in [0.29, 0.717) is 26.2 Å². The minimum absolute atomic E-state index is 0.0371. The number of hydrogen-bond acceptors (Lipinski definition) is 8. The van der Waals surface area contributed by atoms with Gasteiger partial charge in [-0.1, -0.05) is 12.1 Å². The van der Waals surface area contributed by atoms with Gasteiger partial charge in [-0.05, 0) is 50.1 Å². The summed E-state index contributed by atoms with van der Waals surface area (Å²) in [7, 11) is 1.65. The summed E-state index contributed by atoms with van der Waals surface area (Å²) in [5.74, 6) is -1.20. The maximum absolute atomic E-state index is 15.1. The number of nitrogens with zero attached hydrogens (tertiary/aromatic N) is 5. The van der Waals surface area contributed by atoms with Gasteiger partial charge in [-0.3, -0.25) is 14.5 Å². The van der Waals surface area contributed by atoms with Gasteiger partial charge in [-0.25, -0.2) is 14.2 Å². The van der Waals surface area contributed by atoms with Crippen LogP contribution in [-0.4, -0.2) is 94.4 Å². The molecule has 2 N–H and O–H groups in total. The number of hydrogen-bond donors (Lipinski definition) is 2. The first-order valence-corrected chi connectivity index (χ1v) is 14.2. The Morgan fingerprint density at radius 2 is 1.83 bits per heavy atom. The lowest BCUT2D eigenvalue weighted by Crippen LogP contribution is -2.47. The van der Waals surface area contributed by atoms with Crippen LogP contribution < -0.4 is 15.1 Å². The van der Waals surface area contributed by atoms with Gasteiger partial charge >= 0.3 is 5.97 Å². The van der Waals surface area contributed by atoms with E-state index in [1.54, 1.807) is 23.7 Å². The molecule has 1 amide bonds. The fourth-order valence-electron chi connectivity index (χ4n) is 4.98. The lowest BCUT2D eigenvalue weighted by molar-refractivity contribution is -0.128. The van der Waals surface area contributed by atoms with Crippen LogP contribution in [-0.2, 0) is 11.3 Å². The zero-order chi connectivity index (χ0) is 30.4. The van der Waals surface area contributed by atoms with Gasteiger partial charge in [0, 0.05) is 52.9 Å². The molecule has 1 saturated heterocycles. The topological polar surface area (TPSA) is 128 Å². The summed E-state index contributed by atoms with van der Waals surface area (Å²) < 4.78 is 22.5. The highest BCUT2D eigenvalue weighted by molar-refractivity contribution is 5.92. The highest BCUT2D eigenvalue weighted by Crippen LogP contribution is 2.23. The van der Waals surface area contributed by atoms with Crippen molar-refractivity contribution in [3.8, 4) is 5.75 Å². The number of benzene rings is 1. The number of aryl methyl sites for hydroxylation is 1. The summed E-state index contributed by atoms with van der Waals surface area (Å²) in [6, 6.07) is 8.34. The Balaban J connectivity index is 1.24. The lowest BCUT2D eigenvalue weighted by Gasteiger charge is -2.35. The van der Waals surface area contributed by atoms with Crippen LogP contribution in [0.2, 0.25) is 0 Å². The highest BCUT2D eigenvalue weighted by atomic mass is 19.1. The number of aromatic nitrogens is 2. The molecule has 0 radical (unpaired) electrons. The summed E-state index contributed by atoms with van der Waals surface area (Å²) in [4.78, 5) is 45.5. The second-order valence-electron chi connectivity index (χ2n) is 10.5. The van der Waals surface area contributed by atoms with Crippen LogP contribution >= 0.6 is 0 Å². The fourth-order valence-corrected chi connectivity index (χ4v) is 4.98. The number of anilines is 1. The third kappa shape index (κ3) is 7.24. The van der Waals surface area contributed by atoms with E-state index in [1.165, 1.54) is 18.0 Å². The van der Waals surface area contributed by atoms with Gasteiger partial charge in [0.25, 0.3) is 0 Å². The molecule has 1 aliphatic rings. The lowest BCUT2D eigenvalue weighted by atomic mass is 10.1. The molecule has 2 aromatic heterocycles. The van der Waals surface area contributed by atoms with Crippen molar-refractivity contribution in [3.05, 3.63) is 63.7 Å². The zero-order valence-corrected chi connectivity index (χ0v) is 24.3. The third-order valence-corrected chi connectivity index (χ3v) is 7.61. The van der Waals surface area contributed by atoms with Crippen LogP contribution in [0.15, 0.2) is 41.3 Å². The van der Waals surface area contributed by atoms with Crippen LogP contribution in [0.5, 0.6) is 5.75 Å². The minimum atomic E-state index is -1.35. The number of carboxylic acids is 1. The molecule has 0 spiro atoms. The van der Waals surface area contributed by atoms with Crippen LogP contribution in [0, 0.1) is 5.82 Å². The van der Waals surface area contributed by atoms with E-state index in [9.17, 15) is 24.6 Å². The average molecular weight is 584 g/mol. The number of unbranched alkanes of at least 4 members (excludes halogenated alkanes) is 1. The van der Waals surface area contributed by atoms with Crippen molar-refractivity contribution in [1.29, 1.82) is 0 Å². The number of fused-ring (bicyclic) bond motifs is 1. The number of likely N-dealkylation sites (N-methyl/N-ethyl adjacent to an activating group) is 1. The largest absolute Gasteiger partial charge is 0.494 e. The van der Waals surface area contributed by atoms with Crippen molar-refractivity contribution in [2.75, 3.05) is 57.8 Å². The molecule has 12 heteroatoms. The molecule has 0 aliphatic carbocycles. The number of halogens is 1. The SMILES string of the molecule is CCn1cc(C(=O)O)c(=O)c2cc(F)c(N3CCN(CCCCOc4ccc([C@@H](O)CN(C)C(C)=O)cc4)CC3)nc21. The molecule has 0 unspecified atom stereocenters. The number of piperazine rings is 1. The van der Waals surface area contributed by atoms with Gasteiger partial charge in [-0.2, -0.15) is 0 Å². The van der Waals surface area contributed by atoms with Crippen LogP contribution in [0.25, 0.3) is 11.0 Å². The van der Waals surface area contributed by atoms with Crippen molar-refractivity contribution in [3.63, 3.8) is 0 Å². The van der Waals surface area contributed by atoms with E-state index in [4.69, 9.17) is 4.74 Å². The van der Waals surface area contributed by atoms with E-state index >= 15 is 4.39 Å². The predicted molar refractivity (Wildman–Crippen MR) is 157 cm³/mol. The quantitative estimate of drug-likeness (QED) is 0.309. The summed E-state index contributed by atoms with van der Waals surface area (Å²) in [6.45, 7) is 7.97. The monoisotopic (exact) mass is 583 g/mol. The first-order chi connectivity index (χ1) is 20.1. The molecule has 11 nitrogen and oxygen atoms in total. The summed E-state index contributed by atoms with van der Waals surface area (Å²) in [6.07, 6.45) is 2.31. The van der Waals surface area contributed by atoms with Gasteiger partial charge in [0.05, 0.1) is 24.6 Å². The number of carboxylic acid groups (broad SMARTS) is 1. The number of rotatable bonds is 12. The zero-order valence-electron chi connectivity index (χ0n) is 24.3. The second kappa shape index (κ2) is 13.8. The van der Waals surface area contributed by atoms with E-state index in [0.717, 1.165) is 49.9 Å². The Morgan fingerprint density at radius 3 is 2.45 bits per heavy atom. The van der Waals surface area contributed by atoms with Crippen LogP contribution in [0.3, 0.4) is 0 Å². The second-order valence-corrected chi connectivity index (χ2v) is 10.5. The fraction of sp³-hybridized carbons (Fsp3) is 0.467. The van der Waals surface area contributed by atoms with Crippen LogP contribution in [0.4, 0.5) is 10.2 Å². The number of carbonyl (C=O) groups excluding carboxylic acids is 1. The van der Waals surface area contributed by atoms with Crippen molar-refractivity contribution >= 4 is 28.7 Å². The smallest absolute Gasteiger partial charge is 0.341 e. The summed E-state index contributed by atoms with van der Waals surface area (Å²) in [5.41, 5.74) is -0.141. The Labute approximate surface area is 243 Å². The standard InChI is InChI=1S/C30H38FN5O6/c1-4-35-18-24(30(40)41)27(39)23-17-25(31)29(32-28(23)35)36-14-12-34(13-15-36)11-5-6-16-42-22-9-7-21(8-10-22)26(38)19-33(3)20(2)37/h7-10,17-18,26,38H,4-6,11-16,19H2,1-3H3,(H,40,41)/t26-/m0/s1. The number of amides is 1. The highest BCUT2D eigenvalue weighted by Gasteiger charge is 2.23. The van der Waals surface area contributed by atoms with Crippen molar-refractivity contribution in [2.24, 2.45) is 0 Å². The number of aliphatic hydroxyl groups is 1. The molecule has 0 bridgehead atoms. The Hall–Kier alpha value is -4.03. The maximum atomic E-state index is 15.1. The van der Waals surface area contributed by atoms with Gasteiger partial charge < -0.3 is 29.3 Å². The summed E-state index contributed by atoms with van der Waals surface area (Å²) in [5, 5.41) is 19.6. The molecule has 1 aliphatic heterocycles. The molecule has 1 fully saturated rings. The van der Waals surface area contributed by atoms with E-state index in [-0.39, 0.29) is 29.3 Å². The van der Waals surface area contributed by atoms with Gasteiger partial charge in [0.15, 0.2) is 11.6 Å². The molecule has 1 aromatic carbocycles. The predicted octanol–water partition coefficient (Wildman–Crippen LogP) is 2.75. The molecular weight excluding hydrogens is 545 g/mol. The van der Waals surface area contributed by atoms with Crippen molar-refractivity contribution in [2.45, 2.75) is 39.3 Å². The molecule has 4 rings (SSSR count). The minimum Gasteiger partial charge on any atom is -0.494 e. The molecule has 0 saturated carbocycles. The number of pyridine rings is 2. The number of ether oxygens (including phenoxy) is 1. The van der Waals surface area contributed by atoms with Crippen molar-refractivity contribution in [1.82, 2.24) is 19.4 Å². The van der Waals surface area contributed by atoms with E-state index in [1.807, 2.05) is 24.0 Å². The van der Waals surface area contributed by atoms with Crippen LogP contribution in [0.1, 0.15) is 48.7 Å².